The zero-order valence-corrected chi connectivity index (χ0v) is 14.5. The molecule has 3 aromatic rings. The van der Waals surface area contributed by atoms with Crippen molar-refractivity contribution in [1.82, 2.24) is 4.98 Å². The second-order valence-corrected chi connectivity index (χ2v) is 5.53. The standard InChI is InChI=1S/C19H20N2O4/c1-4-21(19(22)23-3)16-10-9-14(11-13(16)2)24-12-18-20-15-7-5-6-8-17(15)25-18/h5-11H,4,12H2,1-3H3. The molecule has 25 heavy (non-hydrogen) atoms. The van der Waals surface area contributed by atoms with Crippen molar-refractivity contribution >= 4 is 22.9 Å². The van der Waals surface area contributed by atoms with Crippen LogP contribution in [0.2, 0.25) is 0 Å². The molecule has 0 N–H and O–H groups in total. The molecule has 0 aliphatic rings. The summed E-state index contributed by atoms with van der Waals surface area (Å²) in [4.78, 5) is 17.8. The highest BCUT2D eigenvalue weighted by Gasteiger charge is 2.16. The van der Waals surface area contributed by atoms with Gasteiger partial charge >= 0.3 is 6.09 Å². The van der Waals surface area contributed by atoms with Crippen molar-refractivity contribution in [2.75, 3.05) is 18.6 Å². The fraction of sp³-hybridized carbons (Fsp3) is 0.263. The first kappa shape index (κ1) is 16.8. The molecule has 0 spiro atoms. The van der Waals surface area contributed by atoms with Crippen molar-refractivity contribution in [1.29, 1.82) is 0 Å². The summed E-state index contributed by atoms with van der Waals surface area (Å²) < 4.78 is 16.2. The minimum absolute atomic E-state index is 0.238. The van der Waals surface area contributed by atoms with Crippen LogP contribution in [0.3, 0.4) is 0 Å². The maximum absolute atomic E-state index is 11.8. The summed E-state index contributed by atoms with van der Waals surface area (Å²) in [7, 11) is 1.37. The molecule has 1 aromatic heterocycles. The highest BCUT2D eigenvalue weighted by atomic mass is 16.5. The molecule has 130 valence electrons. The molecule has 6 heteroatoms. The number of amides is 1. The summed E-state index contributed by atoms with van der Waals surface area (Å²) in [5.74, 6) is 1.21. The van der Waals surface area contributed by atoms with Crippen LogP contribution in [-0.4, -0.2) is 24.7 Å². The average Bonchev–Trinajstić information content (AvgIpc) is 3.04. The monoisotopic (exact) mass is 340 g/mol. The smallest absolute Gasteiger partial charge is 0.413 e. The molecule has 0 radical (unpaired) electrons. The van der Waals surface area contributed by atoms with Gasteiger partial charge in [0.1, 0.15) is 11.3 Å². The van der Waals surface area contributed by atoms with E-state index >= 15 is 0 Å². The SMILES string of the molecule is CCN(C(=O)OC)c1ccc(OCc2nc3ccccc3o2)cc1C. The summed E-state index contributed by atoms with van der Waals surface area (Å²) in [5.41, 5.74) is 3.26. The Kier molecular flexibility index (Phi) is 4.88. The molecule has 0 fully saturated rings. The normalized spacial score (nSPS) is 10.7. The number of hydrogen-bond donors (Lipinski definition) is 0. The van der Waals surface area contributed by atoms with Gasteiger partial charge < -0.3 is 13.9 Å². The third-order valence-electron chi connectivity index (χ3n) is 3.87. The Morgan fingerprint density at radius 3 is 2.72 bits per heavy atom. The van der Waals surface area contributed by atoms with Gasteiger partial charge in [-0.3, -0.25) is 4.90 Å². The first-order valence-corrected chi connectivity index (χ1v) is 8.05. The molecule has 1 heterocycles. The number of nitrogens with zero attached hydrogens (tertiary/aromatic N) is 2. The minimum Gasteiger partial charge on any atom is -0.484 e. The summed E-state index contributed by atoms with van der Waals surface area (Å²) in [6, 6.07) is 13.1. The Bertz CT molecular complexity index is 855. The number of ether oxygens (including phenoxy) is 2. The van der Waals surface area contributed by atoms with Crippen molar-refractivity contribution < 1.29 is 18.7 Å². The Hall–Kier alpha value is -3.02. The molecule has 0 bridgehead atoms. The number of oxazole rings is 1. The number of anilines is 1. The number of hydrogen-bond acceptors (Lipinski definition) is 5. The number of methoxy groups -OCH3 is 1. The van der Waals surface area contributed by atoms with Gasteiger partial charge in [0.2, 0.25) is 5.89 Å². The van der Waals surface area contributed by atoms with Gasteiger partial charge in [-0.2, -0.15) is 0 Å². The zero-order valence-electron chi connectivity index (χ0n) is 14.5. The van der Waals surface area contributed by atoms with Gasteiger partial charge in [-0.25, -0.2) is 9.78 Å². The van der Waals surface area contributed by atoms with Crippen LogP contribution in [0.4, 0.5) is 10.5 Å². The van der Waals surface area contributed by atoms with Crippen LogP contribution in [-0.2, 0) is 11.3 Å². The van der Waals surface area contributed by atoms with Crippen LogP contribution in [0.15, 0.2) is 46.9 Å². The summed E-state index contributed by atoms with van der Waals surface area (Å²) in [6.07, 6.45) is -0.384. The van der Waals surface area contributed by atoms with Gasteiger partial charge in [0.25, 0.3) is 0 Å². The number of aryl methyl sites for hydroxylation is 1. The Balaban J connectivity index is 1.73. The van der Waals surface area contributed by atoms with Crippen molar-refractivity contribution in [2.45, 2.75) is 20.5 Å². The largest absolute Gasteiger partial charge is 0.484 e. The van der Waals surface area contributed by atoms with E-state index in [1.54, 1.807) is 4.90 Å². The van der Waals surface area contributed by atoms with Crippen molar-refractivity contribution in [2.24, 2.45) is 0 Å². The number of para-hydroxylation sites is 2. The quantitative estimate of drug-likeness (QED) is 0.692. The van der Waals surface area contributed by atoms with E-state index in [2.05, 4.69) is 4.98 Å². The number of rotatable bonds is 5. The second-order valence-electron chi connectivity index (χ2n) is 5.53. The van der Waals surface area contributed by atoms with Crippen LogP contribution in [0.5, 0.6) is 5.75 Å². The zero-order chi connectivity index (χ0) is 17.8. The number of benzene rings is 2. The lowest BCUT2D eigenvalue weighted by Crippen LogP contribution is -2.30. The fourth-order valence-electron chi connectivity index (χ4n) is 2.66. The molecule has 0 aliphatic carbocycles. The first-order chi connectivity index (χ1) is 12.1. The molecular weight excluding hydrogens is 320 g/mol. The average molecular weight is 340 g/mol. The number of carbonyl (C=O) groups excluding carboxylic acids is 1. The van der Waals surface area contributed by atoms with E-state index in [9.17, 15) is 4.79 Å². The predicted molar refractivity (Wildman–Crippen MR) is 94.9 cm³/mol. The molecule has 6 nitrogen and oxygen atoms in total. The van der Waals surface area contributed by atoms with Crippen molar-refractivity contribution in [3.05, 3.63) is 53.9 Å². The van der Waals surface area contributed by atoms with E-state index < -0.39 is 0 Å². The fourth-order valence-corrected chi connectivity index (χ4v) is 2.66. The molecule has 1 amide bonds. The molecule has 0 unspecified atom stereocenters. The maximum Gasteiger partial charge on any atom is 0.413 e. The van der Waals surface area contributed by atoms with Gasteiger partial charge in [0, 0.05) is 6.54 Å². The van der Waals surface area contributed by atoms with E-state index in [0.29, 0.717) is 18.2 Å². The van der Waals surface area contributed by atoms with E-state index in [-0.39, 0.29) is 12.7 Å². The minimum atomic E-state index is -0.384. The molecule has 0 saturated heterocycles. The second kappa shape index (κ2) is 7.25. The lowest BCUT2D eigenvalue weighted by molar-refractivity contribution is 0.179. The first-order valence-electron chi connectivity index (χ1n) is 8.05. The summed E-state index contributed by atoms with van der Waals surface area (Å²) >= 11 is 0. The lowest BCUT2D eigenvalue weighted by Gasteiger charge is -2.21. The van der Waals surface area contributed by atoms with Crippen molar-refractivity contribution in [3.8, 4) is 5.75 Å². The van der Waals surface area contributed by atoms with Crippen LogP contribution in [0, 0.1) is 6.92 Å². The van der Waals surface area contributed by atoms with Gasteiger partial charge in [-0.15, -0.1) is 0 Å². The van der Waals surface area contributed by atoms with E-state index in [1.165, 1.54) is 7.11 Å². The highest BCUT2D eigenvalue weighted by molar-refractivity contribution is 5.88. The Labute approximate surface area is 146 Å². The van der Waals surface area contributed by atoms with Gasteiger partial charge in [0.15, 0.2) is 12.2 Å². The summed E-state index contributed by atoms with van der Waals surface area (Å²) in [5, 5.41) is 0. The van der Waals surface area contributed by atoms with Gasteiger partial charge in [0.05, 0.1) is 12.8 Å². The molecule has 0 atom stereocenters. The number of carbonyl (C=O) groups is 1. The van der Waals surface area contributed by atoms with Crippen LogP contribution in [0.25, 0.3) is 11.1 Å². The third-order valence-corrected chi connectivity index (χ3v) is 3.87. The molecule has 0 saturated carbocycles. The predicted octanol–water partition coefficient (Wildman–Crippen LogP) is 4.31. The maximum atomic E-state index is 11.8. The Morgan fingerprint density at radius 1 is 1.24 bits per heavy atom. The van der Waals surface area contributed by atoms with E-state index in [4.69, 9.17) is 13.9 Å². The number of fused-ring (bicyclic) bond motifs is 1. The Morgan fingerprint density at radius 2 is 2.04 bits per heavy atom. The molecule has 0 aliphatic heterocycles. The van der Waals surface area contributed by atoms with Crippen LogP contribution >= 0.6 is 0 Å². The highest BCUT2D eigenvalue weighted by Crippen LogP contribution is 2.26. The number of aromatic nitrogens is 1. The van der Waals surface area contributed by atoms with E-state index in [1.807, 2.05) is 56.3 Å². The molecular formula is C19H20N2O4. The topological polar surface area (TPSA) is 64.8 Å². The van der Waals surface area contributed by atoms with Crippen LogP contribution < -0.4 is 9.64 Å². The lowest BCUT2D eigenvalue weighted by atomic mass is 10.1. The molecule has 3 rings (SSSR count). The third kappa shape index (κ3) is 3.57. The molecule has 2 aromatic carbocycles. The van der Waals surface area contributed by atoms with Crippen LogP contribution in [0.1, 0.15) is 18.4 Å². The van der Waals surface area contributed by atoms with E-state index in [0.717, 1.165) is 22.4 Å². The summed E-state index contributed by atoms with van der Waals surface area (Å²) in [6.45, 7) is 4.58. The van der Waals surface area contributed by atoms with Gasteiger partial charge in [-0.05, 0) is 49.7 Å². The van der Waals surface area contributed by atoms with Crippen molar-refractivity contribution in [3.63, 3.8) is 0 Å². The van der Waals surface area contributed by atoms with Gasteiger partial charge in [-0.1, -0.05) is 12.1 Å².